The Hall–Kier alpha value is -2.36. The lowest BCUT2D eigenvalue weighted by molar-refractivity contribution is -0.117. The topological polar surface area (TPSA) is 88.5 Å². The van der Waals surface area contributed by atoms with Crippen molar-refractivity contribution >= 4 is 60.5 Å². The number of hydrogen-bond donors (Lipinski definition) is 1. The van der Waals surface area contributed by atoms with Gasteiger partial charge in [-0.25, -0.2) is 8.42 Å². The highest BCUT2D eigenvalue weighted by atomic mass is 35.5. The smallest absolute Gasteiger partial charge is 0.308 e. The molecule has 2 aromatic carbocycles. The van der Waals surface area contributed by atoms with Crippen molar-refractivity contribution in [2.24, 2.45) is 0 Å². The second kappa shape index (κ2) is 9.02. The van der Waals surface area contributed by atoms with Crippen molar-refractivity contribution in [2.75, 3.05) is 15.9 Å². The summed E-state index contributed by atoms with van der Waals surface area (Å²) in [6.07, 6.45) is 1.32. The molecule has 1 heterocycles. The van der Waals surface area contributed by atoms with Crippen LogP contribution in [0, 0.1) is 6.92 Å². The predicted octanol–water partition coefficient (Wildman–Crippen LogP) is 4.23. The maximum Gasteiger partial charge on any atom is 0.308 e. The second-order valence-electron chi connectivity index (χ2n) is 7.20. The Labute approximate surface area is 190 Å². The summed E-state index contributed by atoms with van der Waals surface area (Å²) in [4.78, 5) is 25.1. The highest BCUT2D eigenvalue weighted by Crippen LogP contribution is 2.28. The van der Waals surface area contributed by atoms with Gasteiger partial charge in [0.1, 0.15) is 6.04 Å². The number of carbonyl (C=O) groups is 1. The number of rotatable bonds is 7. The lowest BCUT2D eigenvalue weighted by Crippen LogP contribution is -2.47. The highest BCUT2D eigenvalue weighted by Gasteiger charge is 2.32. The van der Waals surface area contributed by atoms with Crippen molar-refractivity contribution in [3.05, 3.63) is 56.7 Å². The van der Waals surface area contributed by atoms with Gasteiger partial charge < -0.3 is 5.32 Å². The van der Waals surface area contributed by atoms with Gasteiger partial charge in [0.15, 0.2) is 0 Å². The number of fused-ring (bicyclic) bond motifs is 1. The molecule has 3 aromatic rings. The number of aryl methyl sites for hydroxylation is 2. The minimum absolute atomic E-state index is 0.0630. The molecule has 0 aliphatic carbocycles. The van der Waals surface area contributed by atoms with Gasteiger partial charge in [0.05, 0.1) is 22.2 Å². The van der Waals surface area contributed by atoms with Crippen molar-refractivity contribution in [1.82, 2.24) is 4.57 Å². The van der Waals surface area contributed by atoms with Crippen LogP contribution in [0.2, 0.25) is 5.02 Å². The average molecular weight is 482 g/mol. The summed E-state index contributed by atoms with van der Waals surface area (Å²) in [5.41, 5.74) is 2.43. The van der Waals surface area contributed by atoms with Gasteiger partial charge in [-0.1, -0.05) is 35.9 Å². The van der Waals surface area contributed by atoms with Crippen LogP contribution in [0.25, 0.3) is 10.2 Å². The van der Waals surface area contributed by atoms with E-state index in [0.717, 1.165) is 37.7 Å². The van der Waals surface area contributed by atoms with Crippen LogP contribution in [0.1, 0.15) is 25.8 Å². The molecule has 1 atom stereocenters. The summed E-state index contributed by atoms with van der Waals surface area (Å²) in [5, 5.41) is 3.22. The first kappa shape index (κ1) is 23.3. The Morgan fingerprint density at radius 1 is 1.23 bits per heavy atom. The fourth-order valence-electron chi connectivity index (χ4n) is 3.45. The van der Waals surface area contributed by atoms with Crippen molar-refractivity contribution in [3.8, 4) is 0 Å². The molecule has 0 saturated carbocycles. The van der Waals surface area contributed by atoms with Crippen molar-refractivity contribution in [2.45, 2.75) is 39.8 Å². The van der Waals surface area contributed by atoms with E-state index in [1.807, 2.05) is 13.8 Å². The normalized spacial score (nSPS) is 12.7. The zero-order valence-electron chi connectivity index (χ0n) is 17.7. The summed E-state index contributed by atoms with van der Waals surface area (Å²) >= 11 is 7.30. The Morgan fingerprint density at radius 3 is 2.52 bits per heavy atom. The zero-order chi connectivity index (χ0) is 22.9. The van der Waals surface area contributed by atoms with Crippen molar-refractivity contribution in [3.63, 3.8) is 0 Å². The zero-order valence-corrected chi connectivity index (χ0v) is 20.1. The summed E-state index contributed by atoms with van der Waals surface area (Å²) in [5.74, 6) is -0.466. The van der Waals surface area contributed by atoms with Gasteiger partial charge in [-0.3, -0.25) is 18.5 Å². The molecule has 0 fully saturated rings. The number of nitrogens with zero attached hydrogens (tertiary/aromatic N) is 2. The van der Waals surface area contributed by atoms with Gasteiger partial charge in [0.2, 0.25) is 15.9 Å². The standard InChI is InChI=1S/C21H24ClN3O4S2/c1-5-17(25(31(4,28)29)15-9-7-13(3)16(22)12-15)20(26)23-14-8-10-18-19(11-14)30-21(27)24(18)6-2/h7-12,17H,5-6H2,1-4H3,(H,23,26)/t17-/m1/s1. The number of anilines is 2. The van der Waals surface area contributed by atoms with Crippen LogP contribution in [-0.4, -0.2) is 31.2 Å². The van der Waals surface area contributed by atoms with E-state index in [4.69, 9.17) is 11.6 Å². The number of halogens is 1. The molecule has 3 rings (SSSR count). The lowest BCUT2D eigenvalue weighted by atomic mass is 10.1. The third-order valence-electron chi connectivity index (χ3n) is 4.99. The van der Waals surface area contributed by atoms with E-state index in [1.165, 1.54) is 0 Å². The van der Waals surface area contributed by atoms with E-state index in [0.29, 0.717) is 22.9 Å². The summed E-state index contributed by atoms with van der Waals surface area (Å²) in [6.45, 7) is 6.02. The number of thiazole rings is 1. The van der Waals surface area contributed by atoms with Crippen LogP contribution in [0.15, 0.2) is 41.2 Å². The fraction of sp³-hybridized carbons (Fsp3) is 0.333. The van der Waals surface area contributed by atoms with Gasteiger partial charge in [0, 0.05) is 17.3 Å². The molecule has 0 saturated heterocycles. The molecular weight excluding hydrogens is 458 g/mol. The van der Waals surface area contributed by atoms with Crippen LogP contribution in [0.3, 0.4) is 0 Å². The molecule has 1 N–H and O–H groups in total. The maximum atomic E-state index is 13.1. The first-order valence-corrected chi connectivity index (χ1v) is 12.8. The molecule has 0 unspecified atom stereocenters. The molecule has 0 radical (unpaired) electrons. The number of amides is 1. The van der Waals surface area contributed by atoms with E-state index < -0.39 is 22.0 Å². The molecule has 31 heavy (non-hydrogen) atoms. The fourth-order valence-corrected chi connectivity index (χ4v) is 5.82. The minimum Gasteiger partial charge on any atom is -0.324 e. The van der Waals surface area contributed by atoms with Crippen LogP contribution in [-0.2, 0) is 21.4 Å². The molecule has 10 heteroatoms. The second-order valence-corrected chi connectivity index (χ2v) is 10.5. The first-order chi connectivity index (χ1) is 14.6. The van der Waals surface area contributed by atoms with Crippen LogP contribution < -0.4 is 14.5 Å². The van der Waals surface area contributed by atoms with Gasteiger partial charge in [0.25, 0.3) is 0 Å². The van der Waals surface area contributed by atoms with E-state index in [1.54, 1.807) is 47.9 Å². The van der Waals surface area contributed by atoms with Gasteiger partial charge in [-0.05, 0) is 56.2 Å². The number of sulfonamides is 1. The number of nitrogens with one attached hydrogen (secondary N) is 1. The Bertz CT molecular complexity index is 1300. The average Bonchev–Trinajstić information content (AvgIpc) is 3.01. The van der Waals surface area contributed by atoms with Gasteiger partial charge in [-0.2, -0.15) is 0 Å². The first-order valence-electron chi connectivity index (χ1n) is 9.76. The molecule has 0 spiro atoms. The quantitative estimate of drug-likeness (QED) is 0.547. The van der Waals surface area contributed by atoms with E-state index in [2.05, 4.69) is 5.32 Å². The van der Waals surface area contributed by atoms with E-state index >= 15 is 0 Å². The van der Waals surface area contributed by atoms with Crippen LogP contribution >= 0.6 is 22.9 Å². The molecule has 1 amide bonds. The summed E-state index contributed by atoms with van der Waals surface area (Å²) in [7, 11) is -3.77. The third-order valence-corrected chi connectivity index (χ3v) is 7.52. The maximum absolute atomic E-state index is 13.1. The molecule has 0 aliphatic heterocycles. The SMILES string of the molecule is CC[C@H](C(=O)Nc1ccc2c(c1)sc(=O)n2CC)N(c1ccc(C)c(Cl)c1)S(C)(=O)=O. The largest absolute Gasteiger partial charge is 0.324 e. The van der Waals surface area contributed by atoms with Crippen LogP contribution in [0.4, 0.5) is 11.4 Å². The molecule has 7 nitrogen and oxygen atoms in total. The summed E-state index contributed by atoms with van der Waals surface area (Å²) in [6, 6.07) is 9.14. The molecule has 166 valence electrons. The summed E-state index contributed by atoms with van der Waals surface area (Å²) < 4.78 is 28.7. The molecular formula is C21H24ClN3O4S2. The third kappa shape index (κ3) is 4.78. The van der Waals surface area contributed by atoms with E-state index in [-0.39, 0.29) is 11.3 Å². The number of aromatic nitrogens is 1. The van der Waals surface area contributed by atoms with Gasteiger partial charge >= 0.3 is 4.87 Å². The number of carbonyl (C=O) groups excluding carboxylic acids is 1. The Kier molecular flexibility index (Phi) is 6.78. The number of hydrogen-bond acceptors (Lipinski definition) is 5. The predicted molar refractivity (Wildman–Crippen MR) is 128 cm³/mol. The molecule has 0 aliphatic rings. The van der Waals surface area contributed by atoms with Gasteiger partial charge in [-0.15, -0.1) is 0 Å². The molecule has 1 aromatic heterocycles. The van der Waals surface area contributed by atoms with Crippen molar-refractivity contribution < 1.29 is 13.2 Å². The Balaban J connectivity index is 1.95. The molecule has 0 bridgehead atoms. The van der Waals surface area contributed by atoms with E-state index in [9.17, 15) is 18.0 Å². The Morgan fingerprint density at radius 2 is 1.94 bits per heavy atom. The van der Waals surface area contributed by atoms with Crippen molar-refractivity contribution in [1.29, 1.82) is 0 Å². The lowest BCUT2D eigenvalue weighted by Gasteiger charge is -2.30. The monoisotopic (exact) mass is 481 g/mol. The highest BCUT2D eigenvalue weighted by molar-refractivity contribution is 7.92. The minimum atomic E-state index is -3.77. The van der Waals surface area contributed by atoms with Crippen LogP contribution in [0.5, 0.6) is 0 Å². The number of benzene rings is 2.